The molecular formula is C17H18BN3O3. The van der Waals surface area contributed by atoms with Gasteiger partial charge in [0.05, 0.1) is 11.2 Å². The van der Waals surface area contributed by atoms with E-state index in [1.165, 1.54) is 0 Å². The van der Waals surface area contributed by atoms with E-state index in [4.69, 9.17) is 13.7 Å². The third kappa shape index (κ3) is 2.40. The second kappa shape index (κ2) is 5.12. The van der Waals surface area contributed by atoms with Crippen LogP contribution in [0.3, 0.4) is 0 Å². The van der Waals surface area contributed by atoms with Crippen LogP contribution in [0.2, 0.25) is 0 Å². The summed E-state index contributed by atoms with van der Waals surface area (Å²) in [5, 5.41) is 7.88. The molecule has 1 fully saturated rings. The zero-order valence-electron chi connectivity index (χ0n) is 14.1. The predicted molar refractivity (Wildman–Crippen MR) is 90.8 cm³/mol. The molecule has 2 aromatic heterocycles. The van der Waals surface area contributed by atoms with Crippen molar-refractivity contribution in [2.24, 2.45) is 0 Å². The largest absolute Gasteiger partial charge is 0.494 e. The molecule has 3 aromatic rings. The van der Waals surface area contributed by atoms with Gasteiger partial charge in [-0.25, -0.2) is 4.98 Å². The third-order valence-corrected chi connectivity index (χ3v) is 4.73. The first-order valence-electron chi connectivity index (χ1n) is 7.90. The van der Waals surface area contributed by atoms with Crippen LogP contribution < -0.4 is 5.46 Å². The Bertz CT molecular complexity index is 876. The summed E-state index contributed by atoms with van der Waals surface area (Å²) < 4.78 is 18.0. The molecule has 0 amide bonds. The third-order valence-electron chi connectivity index (χ3n) is 4.73. The van der Waals surface area contributed by atoms with Gasteiger partial charge >= 0.3 is 7.12 Å². The fraction of sp³-hybridized carbons (Fsp3) is 0.353. The molecule has 0 radical (unpaired) electrons. The van der Waals surface area contributed by atoms with Crippen molar-refractivity contribution >= 4 is 23.7 Å². The van der Waals surface area contributed by atoms with Crippen LogP contribution in [0.4, 0.5) is 0 Å². The molecule has 0 spiro atoms. The maximum Gasteiger partial charge on any atom is 0.494 e. The van der Waals surface area contributed by atoms with Gasteiger partial charge < -0.3 is 13.7 Å². The molecule has 0 saturated carbocycles. The van der Waals surface area contributed by atoms with Crippen LogP contribution in [0.15, 0.2) is 40.9 Å². The van der Waals surface area contributed by atoms with Gasteiger partial charge in [-0.2, -0.15) is 5.10 Å². The van der Waals surface area contributed by atoms with Crippen LogP contribution in [0.5, 0.6) is 0 Å². The highest BCUT2D eigenvalue weighted by atomic mass is 16.7. The van der Waals surface area contributed by atoms with Crippen molar-refractivity contribution in [1.29, 1.82) is 0 Å². The van der Waals surface area contributed by atoms with Crippen LogP contribution in [0.25, 0.3) is 22.7 Å². The number of hydrogen-bond donors (Lipinski definition) is 0. The summed E-state index contributed by atoms with van der Waals surface area (Å²) in [6.45, 7) is 8.14. The average Bonchev–Trinajstić information content (AvgIpc) is 3.06. The Morgan fingerprint density at radius 1 is 1.00 bits per heavy atom. The fourth-order valence-electron chi connectivity index (χ4n) is 2.59. The van der Waals surface area contributed by atoms with Crippen LogP contribution in [0, 0.1) is 0 Å². The minimum absolute atomic E-state index is 0.376. The Labute approximate surface area is 140 Å². The van der Waals surface area contributed by atoms with Crippen molar-refractivity contribution in [3.05, 3.63) is 36.5 Å². The van der Waals surface area contributed by atoms with Crippen LogP contribution in [-0.4, -0.2) is 33.5 Å². The Kier molecular flexibility index (Phi) is 3.27. The summed E-state index contributed by atoms with van der Waals surface area (Å²) in [4.78, 5) is 4.46. The summed E-state index contributed by atoms with van der Waals surface area (Å²) in [5.41, 5.74) is 2.19. The van der Waals surface area contributed by atoms with Gasteiger partial charge in [-0.3, -0.25) is 0 Å². The van der Waals surface area contributed by atoms with Crippen molar-refractivity contribution in [3.8, 4) is 11.6 Å². The van der Waals surface area contributed by atoms with E-state index in [9.17, 15) is 0 Å². The first-order chi connectivity index (χ1) is 11.4. The molecule has 6 nitrogen and oxygen atoms in total. The molecular weight excluding hydrogens is 305 g/mol. The molecule has 7 heteroatoms. The molecule has 0 bridgehead atoms. The fourth-order valence-corrected chi connectivity index (χ4v) is 2.59. The lowest BCUT2D eigenvalue weighted by molar-refractivity contribution is 0.00578. The lowest BCUT2D eigenvalue weighted by Gasteiger charge is -2.32. The van der Waals surface area contributed by atoms with E-state index in [2.05, 4.69) is 15.2 Å². The van der Waals surface area contributed by atoms with Gasteiger partial charge in [-0.1, -0.05) is 6.07 Å². The van der Waals surface area contributed by atoms with E-state index in [-0.39, 0.29) is 11.2 Å². The van der Waals surface area contributed by atoms with Gasteiger partial charge in [0.15, 0.2) is 5.58 Å². The molecule has 0 N–H and O–H groups in total. The summed E-state index contributed by atoms with van der Waals surface area (Å²) in [7, 11) is -0.426. The Hall–Kier alpha value is -2.25. The standard InChI is InChI=1S/C17H18BN3O3/c1-16(2)17(3,4)24-18(23-16)11-7-8-12-14(10-11)22-15(20-12)13-6-5-9-19-21-13/h5-10H,1-4H3. The topological polar surface area (TPSA) is 70.3 Å². The highest BCUT2D eigenvalue weighted by Gasteiger charge is 2.51. The molecule has 24 heavy (non-hydrogen) atoms. The Balaban J connectivity index is 1.70. The van der Waals surface area contributed by atoms with Crippen molar-refractivity contribution in [1.82, 2.24) is 15.2 Å². The van der Waals surface area contributed by atoms with Crippen LogP contribution in [0.1, 0.15) is 27.7 Å². The van der Waals surface area contributed by atoms with Crippen molar-refractivity contribution in [2.75, 3.05) is 0 Å². The first-order valence-corrected chi connectivity index (χ1v) is 7.90. The van der Waals surface area contributed by atoms with Crippen LogP contribution in [-0.2, 0) is 9.31 Å². The van der Waals surface area contributed by atoms with E-state index in [0.717, 1.165) is 11.0 Å². The summed E-state index contributed by atoms with van der Waals surface area (Å²) in [6.07, 6.45) is 1.61. The minimum Gasteiger partial charge on any atom is -0.435 e. The molecule has 0 aliphatic carbocycles. The monoisotopic (exact) mass is 323 g/mol. The number of fused-ring (bicyclic) bond motifs is 1. The number of rotatable bonds is 2. The quantitative estimate of drug-likeness (QED) is 0.675. The molecule has 122 valence electrons. The highest BCUT2D eigenvalue weighted by molar-refractivity contribution is 6.62. The molecule has 1 aromatic carbocycles. The molecule has 3 heterocycles. The maximum atomic E-state index is 6.08. The van der Waals surface area contributed by atoms with Gasteiger partial charge in [0.2, 0.25) is 5.89 Å². The Morgan fingerprint density at radius 2 is 1.75 bits per heavy atom. The number of hydrogen-bond acceptors (Lipinski definition) is 6. The lowest BCUT2D eigenvalue weighted by Crippen LogP contribution is -2.41. The second-order valence-corrected chi connectivity index (χ2v) is 6.94. The summed E-state index contributed by atoms with van der Waals surface area (Å²) >= 11 is 0. The van der Waals surface area contributed by atoms with Gasteiger partial charge in [0.1, 0.15) is 11.2 Å². The second-order valence-electron chi connectivity index (χ2n) is 6.94. The van der Waals surface area contributed by atoms with E-state index in [1.54, 1.807) is 12.3 Å². The molecule has 1 aliphatic heterocycles. The number of aromatic nitrogens is 3. The predicted octanol–water partition coefficient (Wildman–Crippen LogP) is 2.58. The normalized spacial score (nSPS) is 19.1. The van der Waals surface area contributed by atoms with Crippen molar-refractivity contribution in [2.45, 2.75) is 38.9 Å². The molecule has 0 unspecified atom stereocenters. The smallest absolute Gasteiger partial charge is 0.435 e. The molecule has 1 aliphatic rings. The number of benzene rings is 1. The van der Waals surface area contributed by atoms with Gasteiger partial charge in [-0.15, -0.1) is 5.10 Å². The van der Waals surface area contributed by atoms with E-state index < -0.39 is 7.12 Å². The summed E-state index contributed by atoms with van der Waals surface area (Å²) in [6, 6.07) is 9.37. The lowest BCUT2D eigenvalue weighted by atomic mass is 9.79. The Morgan fingerprint density at radius 3 is 2.42 bits per heavy atom. The van der Waals surface area contributed by atoms with Gasteiger partial charge in [-0.05, 0) is 57.4 Å². The van der Waals surface area contributed by atoms with E-state index >= 15 is 0 Å². The zero-order chi connectivity index (χ0) is 16.9. The summed E-state index contributed by atoms with van der Waals surface area (Å²) in [5.74, 6) is 0.448. The van der Waals surface area contributed by atoms with E-state index in [0.29, 0.717) is 17.2 Å². The number of oxazole rings is 1. The molecule has 4 rings (SSSR count). The van der Waals surface area contributed by atoms with Crippen molar-refractivity contribution < 1.29 is 13.7 Å². The average molecular weight is 323 g/mol. The number of nitrogens with zero attached hydrogens (tertiary/aromatic N) is 3. The minimum atomic E-state index is -0.426. The van der Waals surface area contributed by atoms with Crippen molar-refractivity contribution in [3.63, 3.8) is 0 Å². The first kappa shape index (κ1) is 15.3. The van der Waals surface area contributed by atoms with Gasteiger partial charge in [0.25, 0.3) is 0 Å². The molecule has 0 atom stereocenters. The van der Waals surface area contributed by atoms with Crippen LogP contribution >= 0.6 is 0 Å². The SMILES string of the molecule is CC1(C)OB(c2ccc3nc(-c4cccnn4)oc3c2)OC1(C)C. The van der Waals surface area contributed by atoms with Gasteiger partial charge in [0, 0.05) is 6.20 Å². The highest BCUT2D eigenvalue weighted by Crippen LogP contribution is 2.36. The van der Waals surface area contributed by atoms with E-state index in [1.807, 2.05) is 52.0 Å². The zero-order valence-corrected chi connectivity index (χ0v) is 14.1. The maximum absolute atomic E-state index is 6.08. The molecule has 1 saturated heterocycles.